The van der Waals surface area contributed by atoms with Crippen LogP contribution < -0.4 is 0 Å². The maximum Gasteiger partial charge on any atom is 0.164 e. The monoisotopic (exact) mass is 657 g/mol. The summed E-state index contributed by atoms with van der Waals surface area (Å²) < 4.78 is 8.94. The van der Waals surface area contributed by atoms with Gasteiger partial charge in [0.2, 0.25) is 0 Å². The molecule has 3 heterocycles. The van der Waals surface area contributed by atoms with E-state index in [-0.39, 0.29) is 0 Å². The Bertz CT molecular complexity index is 2860. The van der Waals surface area contributed by atoms with E-state index in [2.05, 4.69) is 146 Å². The predicted octanol–water partition coefficient (Wildman–Crippen LogP) is 12.5. The highest BCUT2D eigenvalue weighted by molar-refractivity contribution is 7.25. The molecule has 0 fully saturated rings. The van der Waals surface area contributed by atoms with Crippen molar-refractivity contribution in [1.29, 1.82) is 0 Å². The van der Waals surface area contributed by atoms with Gasteiger partial charge in [0.15, 0.2) is 17.5 Å². The topological polar surface area (TPSA) is 51.8 Å². The minimum atomic E-state index is 0.598. The fraction of sp³-hybridized carbons (Fsp3) is 0. The molecule has 0 aliphatic heterocycles. The molecular weight excluding hydrogens is 631 g/mol. The molecule has 0 spiro atoms. The molecule has 0 saturated carbocycles. The summed E-state index contributed by atoms with van der Waals surface area (Å²) in [6, 6.07) is 56.9. The molecule has 234 valence electrons. The van der Waals surface area contributed by atoms with E-state index in [1.165, 1.54) is 25.7 Å². The second kappa shape index (κ2) is 11.6. The molecule has 10 rings (SSSR count). The third kappa shape index (κ3) is 4.95. The zero-order valence-corrected chi connectivity index (χ0v) is 27.6. The number of hydrogen-bond acceptors (Lipinski definition) is 5. The van der Waals surface area contributed by atoms with Crippen LogP contribution in [0.2, 0.25) is 0 Å². The maximum absolute atomic E-state index is 6.47. The molecule has 50 heavy (non-hydrogen) atoms. The van der Waals surface area contributed by atoms with Crippen molar-refractivity contribution in [3.63, 3.8) is 0 Å². The largest absolute Gasteiger partial charge is 0.456 e. The molecule has 0 aliphatic carbocycles. The summed E-state index contributed by atoms with van der Waals surface area (Å²) in [5.41, 5.74) is 8.99. The van der Waals surface area contributed by atoms with Crippen LogP contribution in [0.3, 0.4) is 0 Å². The Kier molecular flexibility index (Phi) is 6.64. The lowest BCUT2D eigenvalue weighted by atomic mass is 10.0. The minimum absolute atomic E-state index is 0.598. The SMILES string of the molecule is c1ccc(-c2ccc(-c3nc(-c4ccc5c(c4)oc4cc(-c6ccccc6)ccc45)nc(-c4ccc5c(c4)sc4ccccc45)n3)cc2)cc1. The van der Waals surface area contributed by atoms with E-state index in [1.807, 2.05) is 18.2 Å². The Morgan fingerprint density at radius 1 is 0.320 bits per heavy atom. The normalized spacial score (nSPS) is 11.6. The van der Waals surface area contributed by atoms with Gasteiger partial charge in [0, 0.05) is 47.6 Å². The summed E-state index contributed by atoms with van der Waals surface area (Å²) in [7, 11) is 0. The summed E-state index contributed by atoms with van der Waals surface area (Å²) in [6.45, 7) is 0. The van der Waals surface area contributed by atoms with Gasteiger partial charge in [0.1, 0.15) is 11.2 Å². The van der Waals surface area contributed by atoms with E-state index < -0.39 is 0 Å². The molecule has 0 saturated heterocycles. The van der Waals surface area contributed by atoms with Crippen LogP contribution in [0.1, 0.15) is 0 Å². The number of furan rings is 1. The van der Waals surface area contributed by atoms with Crippen molar-refractivity contribution in [2.75, 3.05) is 0 Å². The van der Waals surface area contributed by atoms with Crippen molar-refractivity contribution in [2.24, 2.45) is 0 Å². The molecule has 0 amide bonds. The molecule has 0 aliphatic rings. The molecule has 0 unspecified atom stereocenters. The highest BCUT2D eigenvalue weighted by Gasteiger charge is 2.16. The first-order valence-corrected chi connectivity index (χ1v) is 17.4. The smallest absolute Gasteiger partial charge is 0.164 e. The maximum atomic E-state index is 6.47. The molecule has 5 heteroatoms. The Balaban J connectivity index is 1.11. The van der Waals surface area contributed by atoms with Gasteiger partial charge in [-0.2, -0.15) is 0 Å². The first kappa shape index (κ1) is 28.6. The first-order valence-electron chi connectivity index (χ1n) is 16.6. The molecule has 0 radical (unpaired) electrons. The number of benzene rings is 7. The van der Waals surface area contributed by atoms with Gasteiger partial charge in [0.05, 0.1) is 0 Å². The zero-order chi connectivity index (χ0) is 33.0. The summed E-state index contributed by atoms with van der Waals surface area (Å²) in [4.78, 5) is 15.2. The predicted molar refractivity (Wildman–Crippen MR) is 207 cm³/mol. The lowest BCUT2D eigenvalue weighted by molar-refractivity contribution is 0.669. The number of hydrogen-bond donors (Lipinski definition) is 0. The van der Waals surface area contributed by atoms with E-state index in [1.54, 1.807) is 11.3 Å². The van der Waals surface area contributed by atoms with Crippen LogP contribution in [0.25, 0.3) is 98.5 Å². The average Bonchev–Trinajstić information content (AvgIpc) is 3.75. The third-order valence-electron chi connectivity index (χ3n) is 9.36. The number of nitrogens with zero attached hydrogens (tertiary/aromatic N) is 3. The van der Waals surface area contributed by atoms with Crippen LogP contribution >= 0.6 is 11.3 Å². The summed E-state index contributed by atoms with van der Waals surface area (Å²) >= 11 is 1.79. The second-order valence-electron chi connectivity index (χ2n) is 12.4. The second-order valence-corrected chi connectivity index (χ2v) is 13.5. The van der Waals surface area contributed by atoms with Crippen molar-refractivity contribution >= 4 is 53.4 Å². The standard InChI is InChI=1S/C45H27N3OS/c1-3-9-28(10-4-1)30-15-17-31(18-16-30)43-46-44(48-45(47-43)34-21-24-38-37-13-7-8-14-41(37)50-42(38)27-34)33-20-23-36-35-22-19-32(29-11-5-2-6-12-29)25-39(35)49-40(36)26-33/h1-27H. The van der Waals surface area contributed by atoms with Gasteiger partial charge in [-0.25, -0.2) is 15.0 Å². The molecule has 7 aromatic carbocycles. The van der Waals surface area contributed by atoms with Crippen molar-refractivity contribution in [3.8, 4) is 56.4 Å². The van der Waals surface area contributed by atoms with Gasteiger partial charge in [-0.1, -0.05) is 127 Å². The number of rotatable bonds is 5. The van der Waals surface area contributed by atoms with Gasteiger partial charge in [-0.05, 0) is 58.7 Å². The Morgan fingerprint density at radius 2 is 0.760 bits per heavy atom. The van der Waals surface area contributed by atoms with Crippen LogP contribution in [-0.4, -0.2) is 15.0 Å². The van der Waals surface area contributed by atoms with Crippen LogP contribution in [0.15, 0.2) is 168 Å². The van der Waals surface area contributed by atoms with Crippen molar-refractivity contribution < 1.29 is 4.42 Å². The van der Waals surface area contributed by atoms with E-state index >= 15 is 0 Å². The van der Waals surface area contributed by atoms with E-state index in [0.29, 0.717) is 17.5 Å². The van der Waals surface area contributed by atoms with E-state index in [0.717, 1.165) is 55.3 Å². The van der Waals surface area contributed by atoms with Crippen molar-refractivity contribution in [3.05, 3.63) is 164 Å². The fourth-order valence-corrected chi connectivity index (χ4v) is 7.94. The highest BCUT2D eigenvalue weighted by Crippen LogP contribution is 2.38. The van der Waals surface area contributed by atoms with E-state index in [9.17, 15) is 0 Å². The van der Waals surface area contributed by atoms with Gasteiger partial charge >= 0.3 is 0 Å². The molecule has 10 aromatic rings. The average molecular weight is 658 g/mol. The van der Waals surface area contributed by atoms with E-state index in [4.69, 9.17) is 19.4 Å². The van der Waals surface area contributed by atoms with Crippen LogP contribution in [0, 0.1) is 0 Å². The Morgan fingerprint density at radius 3 is 1.44 bits per heavy atom. The van der Waals surface area contributed by atoms with Crippen LogP contribution in [0.4, 0.5) is 0 Å². The van der Waals surface area contributed by atoms with Crippen molar-refractivity contribution in [2.45, 2.75) is 0 Å². The molecule has 0 atom stereocenters. The summed E-state index contributed by atoms with van der Waals surface area (Å²) in [6.07, 6.45) is 0. The molecular formula is C45H27N3OS. The van der Waals surface area contributed by atoms with Crippen molar-refractivity contribution in [1.82, 2.24) is 15.0 Å². The Hall–Kier alpha value is -6.43. The van der Waals surface area contributed by atoms with Gasteiger partial charge < -0.3 is 4.42 Å². The van der Waals surface area contributed by atoms with Gasteiger partial charge in [0.25, 0.3) is 0 Å². The number of aromatic nitrogens is 3. The Labute approximate surface area is 292 Å². The van der Waals surface area contributed by atoms with Gasteiger partial charge in [-0.3, -0.25) is 0 Å². The minimum Gasteiger partial charge on any atom is -0.456 e. The first-order chi connectivity index (χ1) is 24.7. The fourth-order valence-electron chi connectivity index (χ4n) is 6.80. The molecule has 0 N–H and O–H groups in total. The molecule has 0 bridgehead atoms. The summed E-state index contributed by atoms with van der Waals surface area (Å²) in [5.74, 6) is 1.85. The van der Waals surface area contributed by atoms with Crippen LogP contribution in [0.5, 0.6) is 0 Å². The van der Waals surface area contributed by atoms with Gasteiger partial charge in [-0.15, -0.1) is 11.3 Å². The zero-order valence-electron chi connectivity index (χ0n) is 26.7. The third-order valence-corrected chi connectivity index (χ3v) is 10.5. The lowest BCUT2D eigenvalue weighted by Gasteiger charge is -2.09. The quantitative estimate of drug-likeness (QED) is 0.185. The lowest BCUT2D eigenvalue weighted by Crippen LogP contribution is -2.00. The van der Waals surface area contributed by atoms with Crippen LogP contribution in [-0.2, 0) is 0 Å². The molecule has 4 nitrogen and oxygen atoms in total. The number of thiophene rings is 1. The number of fused-ring (bicyclic) bond motifs is 6. The molecule has 3 aromatic heterocycles. The highest BCUT2D eigenvalue weighted by atomic mass is 32.1. The summed E-state index contributed by atoms with van der Waals surface area (Å²) in [5, 5.41) is 4.65.